The SMILES string of the molecule is CC(CC(C)I(C)C)N1CCN2CCOCC2C1. The molecule has 108 valence electrons. The van der Waals surface area contributed by atoms with Crippen LogP contribution in [-0.4, -0.2) is 75.1 Å². The predicted octanol–water partition coefficient (Wildman–Crippen LogP) is 1.94. The first-order valence-electron chi connectivity index (χ1n) is 7.12. The number of hydrogen-bond acceptors (Lipinski definition) is 3. The summed E-state index contributed by atoms with van der Waals surface area (Å²) in [5.41, 5.74) is 0. The van der Waals surface area contributed by atoms with Crippen molar-refractivity contribution in [3.8, 4) is 0 Å². The second-order valence-corrected chi connectivity index (χ2v) is 12.7. The van der Waals surface area contributed by atoms with Gasteiger partial charge in [0.05, 0.1) is 0 Å². The van der Waals surface area contributed by atoms with Crippen LogP contribution in [0.25, 0.3) is 0 Å². The van der Waals surface area contributed by atoms with Crippen LogP contribution in [0, 0.1) is 0 Å². The third kappa shape index (κ3) is 3.81. The molecule has 2 fully saturated rings. The van der Waals surface area contributed by atoms with Crippen molar-refractivity contribution in [2.75, 3.05) is 49.3 Å². The minimum absolute atomic E-state index is 0.629. The van der Waals surface area contributed by atoms with Gasteiger partial charge in [-0.3, -0.25) is 0 Å². The Labute approximate surface area is 120 Å². The van der Waals surface area contributed by atoms with Gasteiger partial charge in [-0.25, -0.2) is 0 Å². The molecule has 18 heavy (non-hydrogen) atoms. The van der Waals surface area contributed by atoms with E-state index in [4.69, 9.17) is 4.74 Å². The van der Waals surface area contributed by atoms with E-state index in [0.717, 1.165) is 29.7 Å². The second-order valence-electron chi connectivity index (χ2n) is 5.94. The van der Waals surface area contributed by atoms with Gasteiger partial charge in [-0.2, -0.15) is 0 Å². The normalized spacial score (nSPS) is 30.7. The summed E-state index contributed by atoms with van der Waals surface area (Å²) >= 11 is -0.629. The number of rotatable bonds is 4. The summed E-state index contributed by atoms with van der Waals surface area (Å²) in [5.74, 6) is 0. The molecule has 4 heteroatoms. The number of fused-ring (bicyclic) bond motifs is 1. The van der Waals surface area contributed by atoms with Crippen molar-refractivity contribution >= 4 is 19.8 Å². The Hall–Kier alpha value is 0.610. The van der Waals surface area contributed by atoms with Gasteiger partial charge >= 0.3 is 120 Å². The number of alkyl halides is 3. The van der Waals surface area contributed by atoms with Crippen LogP contribution < -0.4 is 0 Å². The van der Waals surface area contributed by atoms with Gasteiger partial charge in [-0.1, -0.05) is 0 Å². The molecule has 0 saturated carbocycles. The molecular weight excluding hydrogens is 339 g/mol. The molecule has 0 amide bonds. The molecule has 0 radical (unpaired) electrons. The summed E-state index contributed by atoms with van der Waals surface area (Å²) in [6.07, 6.45) is 1.39. The Morgan fingerprint density at radius 1 is 1.22 bits per heavy atom. The standard InChI is InChI=1S/C14H29IN2O/c1-12(15(3)4)9-13(2)17-6-5-16-7-8-18-11-14(16)10-17/h12-14H,5-11H2,1-4H3. The zero-order chi connectivity index (χ0) is 13.1. The molecule has 0 aliphatic carbocycles. The first-order valence-corrected chi connectivity index (χ1v) is 12.7. The Balaban J connectivity index is 1.82. The molecular formula is C14H29IN2O. The van der Waals surface area contributed by atoms with Crippen molar-refractivity contribution < 1.29 is 4.74 Å². The first-order chi connectivity index (χ1) is 8.58. The average Bonchev–Trinajstić information content (AvgIpc) is 2.37. The van der Waals surface area contributed by atoms with Gasteiger partial charge in [0.2, 0.25) is 0 Å². The number of halogens is 1. The fourth-order valence-corrected chi connectivity index (χ4v) is 4.72. The van der Waals surface area contributed by atoms with Crippen LogP contribution in [0.3, 0.4) is 0 Å². The first kappa shape index (κ1) is 15.0. The number of hydrogen-bond donors (Lipinski definition) is 0. The fraction of sp³-hybridized carbons (Fsp3) is 1.00. The van der Waals surface area contributed by atoms with Crippen molar-refractivity contribution in [2.24, 2.45) is 0 Å². The van der Waals surface area contributed by atoms with Gasteiger partial charge in [0.1, 0.15) is 0 Å². The molecule has 0 spiro atoms. The van der Waals surface area contributed by atoms with Crippen LogP contribution >= 0.6 is 19.8 Å². The molecule has 0 aromatic heterocycles. The van der Waals surface area contributed by atoms with E-state index in [1.165, 1.54) is 26.1 Å². The minimum atomic E-state index is -0.629. The van der Waals surface area contributed by atoms with Gasteiger partial charge in [0, 0.05) is 0 Å². The monoisotopic (exact) mass is 368 g/mol. The molecule has 2 heterocycles. The fourth-order valence-electron chi connectivity index (χ4n) is 2.97. The van der Waals surface area contributed by atoms with Crippen LogP contribution in [0.2, 0.25) is 0 Å². The molecule has 3 nitrogen and oxygen atoms in total. The molecule has 0 aromatic carbocycles. The van der Waals surface area contributed by atoms with Gasteiger partial charge in [-0.15, -0.1) is 0 Å². The molecule has 0 bridgehead atoms. The maximum atomic E-state index is 5.63. The summed E-state index contributed by atoms with van der Waals surface area (Å²) in [5, 5.41) is 0. The molecule has 3 unspecified atom stereocenters. The Morgan fingerprint density at radius 3 is 2.72 bits per heavy atom. The van der Waals surface area contributed by atoms with Crippen molar-refractivity contribution in [3.63, 3.8) is 0 Å². The van der Waals surface area contributed by atoms with E-state index in [-0.39, 0.29) is 0 Å². The summed E-state index contributed by atoms with van der Waals surface area (Å²) < 4.78 is 6.60. The van der Waals surface area contributed by atoms with E-state index in [2.05, 4.69) is 33.5 Å². The van der Waals surface area contributed by atoms with Crippen LogP contribution in [0.1, 0.15) is 20.3 Å². The van der Waals surface area contributed by atoms with E-state index in [0.29, 0.717) is 6.04 Å². The zero-order valence-corrected chi connectivity index (χ0v) is 14.5. The van der Waals surface area contributed by atoms with E-state index >= 15 is 0 Å². The molecule has 2 aliphatic heterocycles. The third-order valence-corrected chi connectivity index (χ3v) is 9.26. The summed E-state index contributed by atoms with van der Waals surface area (Å²) in [7, 11) is 0. The van der Waals surface area contributed by atoms with Crippen LogP contribution in [0.15, 0.2) is 0 Å². The molecule has 2 saturated heterocycles. The van der Waals surface area contributed by atoms with Gasteiger partial charge in [0.25, 0.3) is 0 Å². The topological polar surface area (TPSA) is 15.7 Å². The van der Waals surface area contributed by atoms with Crippen LogP contribution in [0.4, 0.5) is 0 Å². The molecule has 0 aromatic rings. The van der Waals surface area contributed by atoms with E-state index in [1.807, 2.05) is 0 Å². The van der Waals surface area contributed by atoms with Crippen molar-refractivity contribution in [1.82, 2.24) is 9.80 Å². The van der Waals surface area contributed by atoms with Crippen LogP contribution in [0.5, 0.6) is 0 Å². The quantitative estimate of drug-likeness (QED) is 0.557. The van der Waals surface area contributed by atoms with Crippen LogP contribution in [-0.2, 0) is 4.74 Å². The Morgan fingerprint density at radius 2 is 2.00 bits per heavy atom. The number of morpholine rings is 1. The molecule has 2 aliphatic rings. The second kappa shape index (κ2) is 6.86. The zero-order valence-electron chi connectivity index (χ0n) is 12.4. The molecule has 2 rings (SSSR count). The third-order valence-electron chi connectivity index (χ3n) is 4.50. The summed E-state index contributed by atoms with van der Waals surface area (Å²) in [6.45, 7) is 11.6. The number of nitrogens with zero attached hydrogens (tertiary/aromatic N) is 2. The molecule has 0 N–H and O–H groups in total. The average molecular weight is 368 g/mol. The number of ether oxygens (including phenoxy) is 1. The summed E-state index contributed by atoms with van der Waals surface area (Å²) in [6, 6.07) is 1.41. The van der Waals surface area contributed by atoms with Crippen molar-refractivity contribution in [3.05, 3.63) is 0 Å². The Bertz CT molecular complexity index is 262. The number of piperazine rings is 1. The predicted molar refractivity (Wildman–Crippen MR) is 87.2 cm³/mol. The van der Waals surface area contributed by atoms with Crippen molar-refractivity contribution in [2.45, 2.75) is 36.3 Å². The van der Waals surface area contributed by atoms with Gasteiger partial charge in [-0.05, 0) is 0 Å². The van der Waals surface area contributed by atoms with E-state index in [9.17, 15) is 0 Å². The van der Waals surface area contributed by atoms with Crippen molar-refractivity contribution in [1.29, 1.82) is 0 Å². The van der Waals surface area contributed by atoms with E-state index < -0.39 is 19.8 Å². The van der Waals surface area contributed by atoms with Gasteiger partial charge < -0.3 is 0 Å². The van der Waals surface area contributed by atoms with E-state index in [1.54, 1.807) is 0 Å². The molecule has 3 atom stereocenters. The van der Waals surface area contributed by atoms with Gasteiger partial charge in [0.15, 0.2) is 0 Å². The summed E-state index contributed by atoms with van der Waals surface area (Å²) in [4.78, 5) is 10.3. The maximum absolute atomic E-state index is 5.63. The Kier molecular flexibility index (Phi) is 5.72.